The number of aryl methyl sites for hydroxylation is 1. The van der Waals surface area contributed by atoms with Crippen LogP contribution < -0.4 is 5.32 Å². The van der Waals surface area contributed by atoms with Crippen molar-refractivity contribution in [3.63, 3.8) is 0 Å². The average molecular weight is 291 g/mol. The summed E-state index contributed by atoms with van der Waals surface area (Å²) in [5, 5.41) is 15.6. The lowest BCUT2D eigenvalue weighted by atomic mass is 10.1. The molecule has 112 valence electrons. The molecule has 2 heterocycles. The minimum Gasteiger partial charge on any atom is -0.481 e. The van der Waals surface area contributed by atoms with Crippen molar-refractivity contribution in [1.82, 2.24) is 24.9 Å². The van der Waals surface area contributed by atoms with E-state index in [0.29, 0.717) is 23.5 Å². The topological polar surface area (TPSA) is 109 Å². The highest BCUT2D eigenvalue weighted by Gasteiger charge is 2.19. The van der Waals surface area contributed by atoms with E-state index in [9.17, 15) is 9.59 Å². The Hall–Kier alpha value is -2.51. The van der Waals surface area contributed by atoms with Gasteiger partial charge in [0.1, 0.15) is 6.33 Å². The Balaban J connectivity index is 2.20. The second-order valence-electron chi connectivity index (χ2n) is 4.79. The highest BCUT2D eigenvalue weighted by molar-refractivity contribution is 5.95. The number of rotatable bonds is 6. The van der Waals surface area contributed by atoms with Gasteiger partial charge in [-0.05, 0) is 13.3 Å². The molecule has 0 aliphatic rings. The maximum Gasteiger partial charge on any atom is 0.305 e. The van der Waals surface area contributed by atoms with Gasteiger partial charge >= 0.3 is 5.97 Å². The van der Waals surface area contributed by atoms with E-state index in [1.165, 1.54) is 17.0 Å². The van der Waals surface area contributed by atoms with Gasteiger partial charge in [-0.3, -0.25) is 9.59 Å². The second kappa shape index (κ2) is 6.29. The summed E-state index contributed by atoms with van der Waals surface area (Å²) >= 11 is 0. The largest absolute Gasteiger partial charge is 0.481 e. The number of carbonyl (C=O) groups excluding carboxylic acids is 1. The van der Waals surface area contributed by atoms with Gasteiger partial charge in [0.25, 0.3) is 11.7 Å². The molecular formula is C13H17N5O3. The number of carboxylic acids is 1. The normalized spacial score (nSPS) is 12.3. The fourth-order valence-corrected chi connectivity index (χ4v) is 2.16. The molecule has 1 unspecified atom stereocenters. The molecule has 2 N–H and O–H groups in total. The molecule has 0 radical (unpaired) electrons. The number of aromatic nitrogens is 4. The Morgan fingerprint density at radius 1 is 1.43 bits per heavy atom. The third-order valence-electron chi connectivity index (χ3n) is 3.18. The SMILES string of the molecule is CCCC(CC(=O)O)NC(=O)c1cnc2ncnn2c1C. The number of amides is 1. The second-order valence-corrected chi connectivity index (χ2v) is 4.79. The third-order valence-corrected chi connectivity index (χ3v) is 3.18. The Morgan fingerprint density at radius 3 is 2.86 bits per heavy atom. The Morgan fingerprint density at radius 2 is 2.19 bits per heavy atom. The number of hydrogen-bond acceptors (Lipinski definition) is 5. The Labute approximate surface area is 121 Å². The van der Waals surface area contributed by atoms with Crippen molar-refractivity contribution in [2.24, 2.45) is 0 Å². The summed E-state index contributed by atoms with van der Waals surface area (Å²) in [7, 11) is 0. The van der Waals surface area contributed by atoms with Gasteiger partial charge < -0.3 is 10.4 Å². The van der Waals surface area contributed by atoms with Gasteiger partial charge in [-0.25, -0.2) is 9.50 Å². The van der Waals surface area contributed by atoms with Crippen LogP contribution in [0.2, 0.25) is 0 Å². The van der Waals surface area contributed by atoms with Gasteiger partial charge in [0.05, 0.1) is 17.7 Å². The molecule has 2 rings (SSSR count). The van der Waals surface area contributed by atoms with Gasteiger partial charge in [0, 0.05) is 12.2 Å². The lowest BCUT2D eigenvalue weighted by molar-refractivity contribution is -0.137. The molecule has 8 heteroatoms. The van der Waals surface area contributed by atoms with Crippen molar-refractivity contribution in [3.8, 4) is 0 Å². The molecule has 1 atom stereocenters. The minimum absolute atomic E-state index is 0.0996. The van der Waals surface area contributed by atoms with Crippen molar-refractivity contribution < 1.29 is 14.7 Å². The Bertz CT molecular complexity index is 667. The first-order chi connectivity index (χ1) is 10.0. The van der Waals surface area contributed by atoms with Crippen LogP contribution in [0.15, 0.2) is 12.5 Å². The highest BCUT2D eigenvalue weighted by atomic mass is 16.4. The summed E-state index contributed by atoms with van der Waals surface area (Å²) in [5.41, 5.74) is 0.972. The van der Waals surface area contributed by atoms with E-state index < -0.39 is 12.0 Å². The van der Waals surface area contributed by atoms with Crippen LogP contribution >= 0.6 is 0 Å². The van der Waals surface area contributed by atoms with Crippen molar-refractivity contribution in [2.45, 2.75) is 39.2 Å². The molecule has 0 saturated heterocycles. The fourth-order valence-electron chi connectivity index (χ4n) is 2.16. The van der Waals surface area contributed by atoms with Gasteiger partial charge in [-0.2, -0.15) is 10.1 Å². The van der Waals surface area contributed by atoms with Crippen LogP contribution in [0.25, 0.3) is 5.78 Å². The summed E-state index contributed by atoms with van der Waals surface area (Å²) in [4.78, 5) is 31.1. The number of hydrogen-bond donors (Lipinski definition) is 2. The molecule has 0 spiro atoms. The summed E-state index contributed by atoms with van der Waals surface area (Å²) < 4.78 is 1.47. The molecule has 8 nitrogen and oxygen atoms in total. The number of nitrogens with zero attached hydrogens (tertiary/aromatic N) is 4. The monoisotopic (exact) mass is 291 g/mol. The smallest absolute Gasteiger partial charge is 0.305 e. The first-order valence-electron chi connectivity index (χ1n) is 6.71. The fraction of sp³-hybridized carbons (Fsp3) is 0.462. The van der Waals surface area contributed by atoms with Gasteiger partial charge in [0.15, 0.2) is 0 Å². The van der Waals surface area contributed by atoms with E-state index in [1.807, 2.05) is 6.92 Å². The molecule has 0 fully saturated rings. The summed E-state index contributed by atoms with van der Waals surface area (Å²) in [5.74, 6) is -0.868. The van der Waals surface area contributed by atoms with Crippen molar-refractivity contribution in [1.29, 1.82) is 0 Å². The first-order valence-corrected chi connectivity index (χ1v) is 6.71. The van der Waals surface area contributed by atoms with Crippen LogP contribution in [0, 0.1) is 6.92 Å². The molecule has 0 saturated carbocycles. The molecular weight excluding hydrogens is 274 g/mol. The molecule has 0 aliphatic heterocycles. The quantitative estimate of drug-likeness (QED) is 0.815. The van der Waals surface area contributed by atoms with Crippen LogP contribution in [0.4, 0.5) is 0 Å². The van der Waals surface area contributed by atoms with E-state index in [-0.39, 0.29) is 12.3 Å². The molecule has 0 aromatic carbocycles. The number of nitrogens with one attached hydrogen (secondary N) is 1. The maximum absolute atomic E-state index is 12.3. The van der Waals surface area contributed by atoms with Gasteiger partial charge in [0.2, 0.25) is 0 Å². The molecule has 21 heavy (non-hydrogen) atoms. The van der Waals surface area contributed by atoms with E-state index >= 15 is 0 Å². The van der Waals surface area contributed by atoms with E-state index in [4.69, 9.17) is 5.11 Å². The molecule has 2 aromatic rings. The van der Waals surface area contributed by atoms with Crippen molar-refractivity contribution >= 4 is 17.7 Å². The van der Waals surface area contributed by atoms with Gasteiger partial charge in [-0.15, -0.1) is 0 Å². The zero-order valence-electron chi connectivity index (χ0n) is 11.9. The molecule has 1 amide bonds. The highest BCUT2D eigenvalue weighted by Crippen LogP contribution is 2.09. The van der Waals surface area contributed by atoms with Crippen LogP contribution in [-0.4, -0.2) is 42.6 Å². The van der Waals surface area contributed by atoms with Crippen LogP contribution in [0.5, 0.6) is 0 Å². The van der Waals surface area contributed by atoms with Crippen LogP contribution in [0.1, 0.15) is 42.2 Å². The number of carboxylic acid groups (broad SMARTS) is 1. The summed E-state index contributed by atoms with van der Waals surface area (Å²) in [6.45, 7) is 3.68. The van der Waals surface area contributed by atoms with Crippen LogP contribution in [0.3, 0.4) is 0 Å². The number of carbonyl (C=O) groups is 2. The first kappa shape index (κ1) is 14.9. The average Bonchev–Trinajstić information content (AvgIpc) is 2.87. The number of aliphatic carboxylic acids is 1. The van der Waals surface area contributed by atoms with E-state index in [1.54, 1.807) is 6.92 Å². The summed E-state index contributed by atoms with van der Waals surface area (Å²) in [6.07, 6.45) is 4.09. The van der Waals surface area contributed by atoms with Crippen molar-refractivity contribution in [2.75, 3.05) is 0 Å². The van der Waals surface area contributed by atoms with Crippen LogP contribution in [-0.2, 0) is 4.79 Å². The molecule has 0 aliphatic carbocycles. The third kappa shape index (κ3) is 3.33. The summed E-state index contributed by atoms with van der Waals surface area (Å²) in [6, 6.07) is -0.397. The molecule has 0 bridgehead atoms. The zero-order valence-corrected chi connectivity index (χ0v) is 11.9. The maximum atomic E-state index is 12.3. The van der Waals surface area contributed by atoms with Crippen molar-refractivity contribution in [3.05, 3.63) is 23.8 Å². The van der Waals surface area contributed by atoms with E-state index in [0.717, 1.165) is 6.42 Å². The molecule has 2 aromatic heterocycles. The van der Waals surface area contributed by atoms with Gasteiger partial charge in [-0.1, -0.05) is 13.3 Å². The number of fused-ring (bicyclic) bond motifs is 1. The minimum atomic E-state index is -0.935. The Kier molecular flexibility index (Phi) is 4.46. The standard InChI is InChI=1S/C13H17N5O3/c1-3-4-9(5-11(19)20)17-12(21)10-6-14-13-15-7-16-18(13)8(10)2/h6-7,9H,3-5H2,1-2H3,(H,17,21)(H,19,20). The predicted octanol–water partition coefficient (Wildman–Crippen LogP) is 0.806. The lowest BCUT2D eigenvalue weighted by Crippen LogP contribution is -2.37. The zero-order chi connectivity index (χ0) is 15.4. The lowest BCUT2D eigenvalue weighted by Gasteiger charge is -2.16. The predicted molar refractivity (Wildman–Crippen MR) is 73.9 cm³/mol. The van der Waals surface area contributed by atoms with E-state index in [2.05, 4.69) is 20.4 Å².